The number of aromatic amines is 1. The van der Waals surface area contributed by atoms with Gasteiger partial charge in [0.1, 0.15) is 0 Å². The van der Waals surface area contributed by atoms with E-state index >= 15 is 0 Å². The summed E-state index contributed by atoms with van der Waals surface area (Å²) < 4.78 is 6.37. The van der Waals surface area contributed by atoms with E-state index in [9.17, 15) is 14.7 Å². The van der Waals surface area contributed by atoms with Gasteiger partial charge in [-0.25, -0.2) is 10.1 Å². The third-order valence-electron chi connectivity index (χ3n) is 3.62. The zero-order chi connectivity index (χ0) is 18.5. The van der Waals surface area contributed by atoms with E-state index in [1.54, 1.807) is 36.4 Å². The van der Waals surface area contributed by atoms with Gasteiger partial charge < -0.3 is 9.84 Å². The molecule has 0 atom stereocenters. The van der Waals surface area contributed by atoms with Gasteiger partial charge in [-0.3, -0.25) is 14.7 Å². The average molecular weight is 352 g/mol. The second-order valence-corrected chi connectivity index (χ2v) is 5.31. The van der Waals surface area contributed by atoms with Crippen molar-refractivity contribution in [2.45, 2.75) is 0 Å². The van der Waals surface area contributed by atoms with Gasteiger partial charge in [-0.15, -0.1) is 0 Å². The number of nitrogens with zero attached hydrogens (tertiary/aromatic N) is 2. The first-order valence-corrected chi connectivity index (χ1v) is 7.66. The van der Waals surface area contributed by atoms with Crippen LogP contribution in [0.2, 0.25) is 0 Å². The van der Waals surface area contributed by atoms with Gasteiger partial charge in [-0.05, 0) is 48.0 Å². The minimum absolute atomic E-state index is 0.0231. The first-order valence-electron chi connectivity index (χ1n) is 7.66. The van der Waals surface area contributed by atoms with Gasteiger partial charge in [0.15, 0.2) is 11.5 Å². The highest BCUT2D eigenvalue weighted by Gasteiger charge is 2.06. The Morgan fingerprint density at radius 2 is 2.00 bits per heavy atom. The lowest BCUT2D eigenvalue weighted by Gasteiger charge is -2.04. The largest absolute Gasteiger partial charge is 0.504 e. The summed E-state index contributed by atoms with van der Waals surface area (Å²) in [6.07, 6.45) is 2.97. The number of aromatic nitrogens is 2. The fraction of sp³-hybridized carbons (Fsp3) is 0.0556. The molecule has 0 saturated heterocycles. The topological polar surface area (TPSA) is 109 Å². The molecule has 0 aliphatic heterocycles. The van der Waals surface area contributed by atoms with Crippen molar-refractivity contribution in [2.24, 2.45) is 5.10 Å². The molecule has 3 N–H and O–H groups in total. The summed E-state index contributed by atoms with van der Waals surface area (Å²) in [6, 6.07) is 12.6. The van der Waals surface area contributed by atoms with Crippen molar-refractivity contribution in [1.29, 1.82) is 0 Å². The van der Waals surface area contributed by atoms with Gasteiger partial charge in [0.05, 0.1) is 19.0 Å². The molecule has 3 aromatic rings. The summed E-state index contributed by atoms with van der Waals surface area (Å²) >= 11 is 0. The van der Waals surface area contributed by atoms with Crippen LogP contribution < -0.4 is 15.7 Å². The van der Waals surface area contributed by atoms with Gasteiger partial charge in [0.2, 0.25) is 0 Å². The lowest BCUT2D eigenvalue weighted by atomic mass is 10.2. The van der Waals surface area contributed by atoms with Crippen LogP contribution in [0, 0.1) is 0 Å². The van der Waals surface area contributed by atoms with Gasteiger partial charge in [-0.2, -0.15) is 5.10 Å². The van der Waals surface area contributed by atoms with Crippen LogP contribution in [0.5, 0.6) is 11.5 Å². The number of nitrogens with one attached hydrogen (secondary N) is 2. The summed E-state index contributed by atoms with van der Waals surface area (Å²) in [5.41, 5.74) is 3.90. The maximum Gasteiger partial charge on any atom is 0.271 e. The van der Waals surface area contributed by atoms with E-state index in [0.29, 0.717) is 22.6 Å². The summed E-state index contributed by atoms with van der Waals surface area (Å²) in [7, 11) is 1.45. The Hall–Kier alpha value is -3.81. The van der Waals surface area contributed by atoms with E-state index in [1.807, 2.05) is 0 Å². The molecule has 8 nitrogen and oxygen atoms in total. The zero-order valence-corrected chi connectivity index (χ0v) is 13.8. The van der Waals surface area contributed by atoms with Gasteiger partial charge in [-0.1, -0.05) is 0 Å². The Labute approximate surface area is 148 Å². The molecule has 0 bridgehead atoms. The van der Waals surface area contributed by atoms with Crippen molar-refractivity contribution in [3.63, 3.8) is 0 Å². The number of carbonyl (C=O) groups is 1. The molecule has 0 saturated carbocycles. The average Bonchev–Trinajstić information content (AvgIpc) is 3.09. The molecular weight excluding hydrogens is 336 g/mol. The van der Waals surface area contributed by atoms with Crippen molar-refractivity contribution in [1.82, 2.24) is 15.2 Å². The molecule has 0 fully saturated rings. The number of hydrogen-bond donors (Lipinski definition) is 3. The van der Waals surface area contributed by atoms with E-state index in [2.05, 4.69) is 15.6 Å². The SMILES string of the molecule is COc1cc(/C=N/NC(=O)c2ccc(-n3[nH]ccc3=O)cc2)ccc1O. The Kier molecular flexibility index (Phi) is 4.84. The summed E-state index contributed by atoms with van der Waals surface area (Å²) in [6.45, 7) is 0. The second kappa shape index (κ2) is 7.39. The first kappa shape index (κ1) is 17.0. The van der Waals surface area contributed by atoms with E-state index in [4.69, 9.17) is 4.74 Å². The Morgan fingerprint density at radius 3 is 2.65 bits per heavy atom. The number of phenols is 1. The highest BCUT2D eigenvalue weighted by atomic mass is 16.5. The van der Waals surface area contributed by atoms with Crippen molar-refractivity contribution in [3.05, 3.63) is 76.2 Å². The number of hydrazone groups is 1. The van der Waals surface area contributed by atoms with Crippen LogP contribution in [0.3, 0.4) is 0 Å². The normalized spacial score (nSPS) is 10.8. The number of rotatable bonds is 5. The predicted molar refractivity (Wildman–Crippen MR) is 96.1 cm³/mol. The summed E-state index contributed by atoms with van der Waals surface area (Å²) in [4.78, 5) is 23.7. The number of benzene rings is 2. The van der Waals surface area contributed by atoms with Crippen LogP contribution in [0.25, 0.3) is 5.69 Å². The van der Waals surface area contributed by atoms with Crippen LogP contribution in [-0.2, 0) is 0 Å². The van der Waals surface area contributed by atoms with Crippen molar-refractivity contribution in [3.8, 4) is 17.2 Å². The number of amides is 1. The number of H-pyrrole nitrogens is 1. The molecule has 0 aliphatic rings. The van der Waals surface area contributed by atoms with Crippen molar-refractivity contribution < 1.29 is 14.6 Å². The maximum atomic E-state index is 12.1. The number of phenolic OH excluding ortho intramolecular Hbond substituents is 1. The highest BCUT2D eigenvalue weighted by Crippen LogP contribution is 2.25. The number of ether oxygens (including phenoxy) is 1. The predicted octanol–water partition coefficient (Wildman–Crippen LogP) is 1.64. The second-order valence-electron chi connectivity index (χ2n) is 5.31. The molecule has 0 aliphatic carbocycles. The number of carbonyl (C=O) groups excluding carboxylic acids is 1. The Bertz CT molecular complexity index is 1000. The number of methoxy groups -OCH3 is 1. The van der Waals surface area contributed by atoms with Crippen LogP contribution >= 0.6 is 0 Å². The summed E-state index contributed by atoms with van der Waals surface area (Å²) in [5, 5.41) is 16.2. The maximum absolute atomic E-state index is 12.1. The Morgan fingerprint density at radius 1 is 1.23 bits per heavy atom. The molecule has 1 heterocycles. The third-order valence-corrected chi connectivity index (χ3v) is 3.62. The Balaban J connectivity index is 1.67. The molecule has 2 aromatic carbocycles. The fourth-order valence-corrected chi connectivity index (χ4v) is 2.29. The minimum atomic E-state index is -0.391. The lowest BCUT2D eigenvalue weighted by molar-refractivity contribution is 0.0955. The highest BCUT2D eigenvalue weighted by molar-refractivity contribution is 5.95. The van der Waals surface area contributed by atoms with Gasteiger partial charge >= 0.3 is 0 Å². The molecule has 0 spiro atoms. The molecule has 26 heavy (non-hydrogen) atoms. The molecule has 0 radical (unpaired) electrons. The van der Waals surface area contributed by atoms with E-state index in [-0.39, 0.29) is 11.3 Å². The lowest BCUT2D eigenvalue weighted by Crippen LogP contribution is -2.18. The quantitative estimate of drug-likeness (QED) is 0.479. The molecule has 132 valence electrons. The fourth-order valence-electron chi connectivity index (χ4n) is 2.29. The molecular formula is C18H16N4O4. The summed E-state index contributed by atoms with van der Waals surface area (Å²) in [5.74, 6) is -0.0530. The minimum Gasteiger partial charge on any atom is -0.504 e. The number of aromatic hydroxyl groups is 1. The van der Waals surface area contributed by atoms with E-state index < -0.39 is 5.91 Å². The van der Waals surface area contributed by atoms with Gasteiger partial charge in [0, 0.05) is 17.8 Å². The number of hydrogen-bond acceptors (Lipinski definition) is 5. The van der Waals surface area contributed by atoms with Crippen molar-refractivity contribution in [2.75, 3.05) is 7.11 Å². The van der Waals surface area contributed by atoms with Crippen LogP contribution in [0.4, 0.5) is 0 Å². The van der Waals surface area contributed by atoms with Crippen LogP contribution in [0.15, 0.2) is 64.6 Å². The molecule has 1 amide bonds. The standard InChI is InChI=1S/C18H16N4O4/c1-26-16-10-12(2-7-15(16)23)11-19-21-18(25)13-3-5-14(6-4-13)22-17(24)8-9-20-22/h2-11,20,23H,1H3,(H,21,25)/b19-11+. The van der Waals surface area contributed by atoms with Crippen molar-refractivity contribution >= 4 is 12.1 Å². The van der Waals surface area contributed by atoms with E-state index in [1.165, 1.54) is 36.3 Å². The third kappa shape index (κ3) is 3.64. The molecule has 8 heteroatoms. The zero-order valence-electron chi connectivity index (χ0n) is 13.8. The molecule has 3 rings (SSSR count). The molecule has 0 unspecified atom stereocenters. The molecule has 1 aromatic heterocycles. The van der Waals surface area contributed by atoms with Crippen LogP contribution in [0.1, 0.15) is 15.9 Å². The smallest absolute Gasteiger partial charge is 0.271 e. The van der Waals surface area contributed by atoms with E-state index in [0.717, 1.165) is 0 Å². The van der Waals surface area contributed by atoms with Gasteiger partial charge in [0.25, 0.3) is 11.5 Å². The monoisotopic (exact) mass is 352 g/mol. The first-order chi connectivity index (χ1) is 12.6. The van der Waals surface area contributed by atoms with Crippen LogP contribution in [-0.4, -0.2) is 34.1 Å².